The molecule has 0 aromatic heterocycles. The summed E-state index contributed by atoms with van der Waals surface area (Å²) in [6.45, 7) is 0. The lowest BCUT2D eigenvalue weighted by Crippen LogP contribution is -2.47. The Balaban J connectivity index is 2.08. The number of primary amides is 1. The zero-order chi connectivity index (χ0) is 18.2. The highest BCUT2D eigenvalue weighted by Crippen LogP contribution is 2.11. The number of hydrogen-bond donors (Lipinski definition) is 4. The van der Waals surface area contributed by atoms with Crippen LogP contribution in [0.1, 0.15) is 15.9 Å². The van der Waals surface area contributed by atoms with Crippen molar-refractivity contribution in [3.05, 3.63) is 65.7 Å². The summed E-state index contributed by atoms with van der Waals surface area (Å²) in [7, 11) is 1.54. The molecule has 2 aromatic carbocycles. The topological polar surface area (TPSA) is 113 Å². The van der Waals surface area contributed by atoms with Gasteiger partial charge in [0.15, 0.2) is 0 Å². The third kappa shape index (κ3) is 5.35. The zero-order valence-electron chi connectivity index (χ0n) is 13.8. The van der Waals surface area contributed by atoms with Gasteiger partial charge in [0, 0.05) is 24.7 Å². The monoisotopic (exact) mass is 340 g/mol. The fourth-order valence-electron chi connectivity index (χ4n) is 2.31. The Bertz CT molecular complexity index is 745. The SMILES string of the molecule is CNC(=O)c1ccc(NC(=O)C(Cc2ccccc2)NC(N)=O)cc1. The van der Waals surface area contributed by atoms with Crippen molar-refractivity contribution in [3.8, 4) is 0 Å². The molecule has 0 aliphatic rings. The predicted molar refractivity (Wildman–Crippen MR) is 95.1 cm³/mol. The van der Waals surface area contributed by atoms with Gasteiger partial charge in [0.25, 0.3) is 5.91 Å². The number of carbonyl (C=O) groups excluding carboxylic acids is 3. The Morgan fingerprint density at radius 2 is 1.64 bits per heavy atom. The number of carbonyl (C=O) groups is 3. The summed E-state index contributed by atoms with van der Waals surface area (Å²) in [5.41, 5.74) is 7.07. The van der Waals surface area contributed by atoms with Crippen molar-refractivity contribution in [2.24, 2.45) is 5.73 Å². The molecule has 25 heavy (non-hydrogen) atoms. The van der Waals surface area contributed by atoms with Crippen LogP contribution in [0.2, 0.25) is 0 Å². The Morgan fingerprint density at radius 3 is 2.20 bits per heavy atom. The third-order valence-electron chi connectivity index (χ3n) is 3.56. The summed E-state index contributed by atoms with van der Waals surface area (Å²) in [6, 6.07) is 14.2. The van der Waals surface area contributed by atoms with Gasteiger partial charge in [-0.05, 0) is 29.8 Å². The van der Waals surface area contributed by atoms with E-state index in [0.29, 0.717) is 17.7 Å². The molecular formula is C18H20N4O3. The van der Waals surface area contributed by atoms with Crippen molar-refractivity contribution < 1.29 is 14.4 Å². The van der Waals surface area contributed by atoms with E-state index in [1.165, 1.54) is 0 Å². The van der Waals surface area contributed by atoms with Crippen LogP contribution in [0.5, 0.6) is 0 Å². The highest BCUT2D eigenvalue weighted by atomic mass is 16.2. The fourth-order valence-corrected chi connectivity index (χ4v) is 2.31. The van der Waals surface area contributed by atoms with Gasteiger partial charge in [-0.2, -0.15) is 0 Å². The molecule has 0 saturated heterocycles. The van der Waals surface area contributed by atoms with Crippen LogP contribution in [0.15, 0.2) is 54.6 Å². The minimum absolute atomic E-state index is 0.213. The fraction of sp³-hybridized carbons (Fsp3) is 0.167. The van der Waals surface area contributed by atoms with Crippen LogP contribution in [0, 0.1) is 0 Å². The summed E-state index contributed by atoms with van der Waals surface area (Å²) in [4.78, 5) is 35.2. The molecule has 0 saturated carbocycles. The van der Waals surface area contributed by atoms with E-state index in [0.717, 1.165) is 5.56 Å². The van der Waals surface area contributed by atoms with E-state index in [1.807, 2.05) is 30.3 Å². The Labute approximate surface area is 145 Å². The van der Waals surface area contributed by atoms with E-state index < -0.39 is 18.0 Å². The molecule has 5 N–H and O–H groups in total. The molecule has 7 heteroatoms. The highest BCUT2D eigenvalue weighted by Gasteiger charge is 2.20. The number of nitrogens with two attached hydrogens (primary N) is 1. The van der Waals surface area contributed by atoms with E-state index in [4.69, 9.17) is 5.73 Å². The highest BCUT2D eigenvalue weighted by molar-refractivity contribution is 5.98. The maximum absolute atomic E-state index is 12.5. The quantitative estimate of drug-likeness (QED) is 0.635. The number of rotatable bonds is 6. The Kier molecular flexibility index (Phi) is 6.11. The molecule has 130 valence electrons. The summed E-state index contributed by atoms with van der Waals surface area (Å²) in [5, 5.41) is 7.68. The minimum Gasteiger partial charge on any atom is -0.355 e. The Hall–Kier alpha value is -3.35. The average molecular weight is 340 g/mol. The maximum atomic E-state index is 12.5. The van der Waals surface area contributed by atoms with Crippen molar-refractivity contribution in [1.82, 2.24) is 10.6 Å². The lowest BCUT2D eigenvalue weighted by atomic mass is 10.1. The van der Waals surface area contributed by atoms with Crippen molar-refractivity contribution in [2.45, 2.75) is 12.5 Å². The van der Waals surface area contributed by atoms with Crippen LogP contribution in [-0.2, 0) is 11.2 Å². The Morgan fingerprint density at radius 1 is 1.00 bits per heavy atom. The minimum atomic E-state index is -0.807. The molecule has 0 aliphatic carbocycles. The lowest BCUT2D eigenvalue weighted by Gasteiger charge is -2.17. The van der Waals surface area contributed by atoms with Crippen LogP contribution in [0.4, 0.5) is 10.5 Å². The van der Waals surface area contributed by atoms with Crippen LogP contribution in [0.25, 0.3) is 0 Å². The molecule has 1 unspecified atom stereocenters. The number of amides is 4. The molecule has 2 aromatic rings. The molecule has 4 amide bonds. The molecule has 0 spiro atoms. The molecule has 2 rings (SSSR count). The van der Waals surface area contributed by atoms with Gasteiger partial charge in [-0.3, -0.25) is 9.59 Å². The molecule has 0 aliphatic heterocycles. The number of hydrogen-bond acceptors (Lipinski definition) is 3. The first kappa shape index (κ1) is 18.0. The molecule has 0 fully saturated rings. The van der Waals surface area contributed by atoms with Crippen molar-refractivity contribution >= 4 is 23.5 Å². The van der Waals surface area contributed by atoms with Crippen molar-refractivity contribution in [3.63, 3.8) is 0 Å². The predicted octanol–water partition coefficient (Wildman–Crippen LogP) is 1.26. The van der Waals surface area contributed by atoms with E-state index in [-0.39, 0.29) is 5.91 Å². The van der Waals surface area contributed by atoms with Crippen LogP contribution < -0.4 is 21.7 Å². The van der Waals surface area contributed by atoms with Gasteiger partial charge >= 0.3 is 6.03 Å². The summed E-state index contributed by atoms with van der Waals surface area (Å²) in [5.74, 6) is -0.606. The van der Waals surface area contributed by atoms with E-state index in [2.05, 4.69) is 16.0 Å². The number of urea groups is 1. The van der Waals surface area contributed by atoms with Crippen LogP contribution >= 0.6 is 0 Å². The summed E-state index contributed by atoms with van der Waals surface area (Å²) in [6.07, 6.45) is 0.311. The van der Waals surface area contributed by atoms with Gasteiger partial charge in [0.1, 0.15) is 6.04 Å². The van der Waals surface area contributed by atoms with Gasteiger partial charge in [-0.25, -0.2) is 4.79 Å². The van der Waals surface area contributed by atoms with E-state index in [9.17, 15) is 14.4 Å². The summed E-state index contributed by atoms with van der Waals surface area (Å²) < 4.78 is 0. The summed E-state index contributed by atoms with van der Waals surface area (Å²) >= 11 is 0. The van der Waals surface area contributed by atoms with E-state index >= 15 is 0 Å². The van der Waals surface area contributed by atoms with Gasteiger partial charge < -0.3 is 21.7 Å². The maximum Gasteiger partial charge on any atom is 0.312 e. The largest absolute Gasteiger partial charge is 0.355 e. The molecule has 0 radical (unpaired) electrons. The molecule has 1 atom stereocenters. The second-order valence-electron chi connectivity index (χ2n) is 5.40. The first-order valence-electron chi connectivity index (χ1n) is 7.72. The first-order chi connectivity index (χ1) is 12.0. The zero-order valence-corrected chi connectivity index (χ0v) is 13.8. The average Bonchev–Trinajstić information content (AvgIpc) is 2.61. The number of benzene rings is 2. The normalized spacial score (nSPS) is 11.2. The second-order valence-corrected chi connectivity index (χ2v) is 5.40. The standard InChI is InChI=1S/C18H20N4O3/c1-20-16(23)13-7-9-14(10-8-13)21-17(24)15(22-18(19)25)11-12-5-3-2-4-6-12/h2-10,15H,11H2,1H3,(H,20,23)(H,21,24)(H3,19,22,25). The van der Waals surface area contributed by atoms with Gasteiger partial charge in [-0.15, -0.1) is 0 Å². The third-order valence-corrected chi connectivity index (χ3v) is 3.56. The number of nitrogens with one attached hydrogen (secondary N) is 3. The lowest BCUT2D eigenvalue weighted by molar-refractivity contribution is -0.117. The molecular weight excluding hydrogens is 320 g/mol. The van der Waals surface area contributed by atoms with Crippen LogP contribution in [-0.4, -0.2) is 30.9 Å². The first-order valence-corrected chi connectivity index (χ1v) is 7.72. The molecule has 0 bridgehead atoms. The smallest absolute Gasteiger partial charge is 0.312 e. The van der Waals surface area contributed by atoms with Crippen molar-refractivity contribution in [2.75, 3.05) is 12.4 Å². The van der Waals surface area contributed by atoms with Gasteiger partial charge in [-0.1, -0.05) is 30.3 Å². The van der Waals surface area contributed by atoms with Crippen LogP contribution in [0.3, 0.4) is 0 Å². The number of anilines is 1. The van der Waals surface area contributed by atoms with E-state index in [1.54, 1.807) is 31.3 Å². The van der Waals surface area contributed by atoms with Gasteiger partial charge in [0.2, 0.25) is 5.91 Å². The molecule has 0 heterocycles. The van der Waals surface area contributed by atoms with Gasteiger partial charge in [0.05, 0.1) is 0 Å². The molecule has 7 nitrogen and oxygen atoms in total. The van der Waals surface area contributed by atoms with Crippen molar-refractivity contribution in [1.29, 1.82) is 0 Å². The second kappa shape index (κ2) is 8.49.